The van der Waals surface area contributed by atoms with Crippen LogP contribution >= 0.6 is 0 Å². The number of hydrogen-bond donors (Lipinski definition) is 0. The standard InChI is InChI=1S/C24H29NO3/c1-16-7-9-21(12-18(16)3)23(26)25-11-5-6-20(14-25)15-28-24(27)22-10-8-17(2)19(4)13-22/h7-10,12-13,20H,5-6,11,14-15H2,1-4H3/t20-/m0/s1. The van der Waals surface area contributed by atoms with Crippen molar-refractivity contribution >= 4 is 11.9 Å². The molecule has 0 saturated carbocycles. The summed E-state index contributed by atoms with van der Waals surface area (Å²) in [4.78, 5) is 27.1. The largest absolute Gasteiger partial charge is 0.462 e. The number of esters is 1. The van der Waals surface area contributed by atoms with E-state index < -0.39 is 0 Å². The number of aryl methyl sites for hydroxylation is 4. The molecule has 0 radical (unpaired) electrons. The van der Waals surface area contributed by atoms with Crippen LogP contribution in [0.5, 0.6) is 0 Å². The predicted octanol–water partition coefficient (Wildman–Crippen LogP) is 4.63. The van der Waals surface area contributed by atoms with E-state index in [-0.39, 0.29) is 17.8 Å². The summed E-state index contributed by atoms with van der Waals surface area (Å²) in [7, 11) is 0. The third-order valence-electron chi connectivity index (χ3n) is 5.75. The van der Waals surface area contributed by atoms with Crippen molar-refractivity contribution in [2.45, 2.75) is 40.5 Å². The lowest BCUT2D eigenvalue weighted by molar-refractivity contribution is 0.0342. The molecule has 0 spiro atoms. The number of piperidine rings is 1. The summed E-state index contributed by atoms with van der Waals surface area (Å²) >= 11 is 0. The molecule has 0 aliphatic carbocycles. The molecule has 0 bridgehead atoms. The lowest BCUT2D eigenvalue weighted by Crippen LogP contribution is -2.41. The summed E-state index contributed by atoms with van der Waals surface area (Å²) < 4.78 is 5.55. The summed E-state index contributed by atoms with van der Waals surface area (Å²) in [6, 6.07) is 11.5. The number of hydrogen-bond acceptors (Lipinski definition) is 3. The first-order valence-electron chi connectivity index (χ1n) is 9.96. The Balaban J connectivity index is 1.58. The molecule has 1 atom stereocenters. The average Bonchev–Trinajstić information content (AvgIpc) is 2.70. The highest BCUT2D eigenvalue weighted by Crippen LogP contribution is 2.21. The molecule has 2 aromatic carbocycles. The second-order valence-corrected chi connectivity index (χ2v) is 7.96. The Kier molecular flexibility index (Phi) is 6.18. The quantitative estimate of drug-likeness (QED) is 0.728. The van der Waals surface area contributed by atoms with Crippen LogP contribution in [0.25, 0.3) is 0 Å². The van der Waals surface area contributed by atoms with E-state index in [0.29, 0.717) is 18.7 Å². The van der Waals surface area contributed by atoms with Crippen LogP contribution in [-0.4, -0.2) is 36.5 Å². The van der Waals surface area contributed by atoms with Crippen molar-refractivity contribution < 1.29 is 14.3 Å². The van der Waals surface area contributed by atoms with Gasteiger partial charge in [-0.2, -0.15) is 0 Å². The van der Waals surface area contributed by atoms with Gasteiger partial charge < -0.3 is 9.64 Å². The number of amides is 1. The van der Waals surface area contributed by atoms with Crippen LogP contribution in [0.1, 0.15) is 55.8 Å². The van der Waals surface area contributed by atoms with E-state index in [1.165, 1.54) is 5.56 Å². The molecule has 148 valence electrons. The zero-order valence-electron chi connectivity index (χ0n) is 17.2. The minimum absolute atomic E-state index is 0.0632. The second kappa shape index (κ2) is 8.59. The predicted molar refractivity (Wildman–Crippen MR) is 111 cm³/mol. The molecule has 1 aliphatic rings. The number of likely N-dealkylation sites (tertiary alicyclic amines) is 1. The Morgan fingerprint density at radius 2 is 1.54 bits per heavy atom. The van der Waals surface area contributed by atoms with Gasteiger partial charge in [-0.1, -0.05) is 12.1 Å². The number of ether oxygens (including phenoxy) is 1. The van der Waals surface area contributed by atoms with Gasteiger partial charge in [-0.3, -0.25) is 4.79 Å². The molecule has 2 aromatic rings. The summed E-state index contributed by atoms with van der Waals surface area (Å²) in [5, 5.41) is 0. The van der Waals surface area contributed by atoms with Crippen LogP contribution in [0, 0.1) is 33.6 Å². The van der Waals surface area contributed by atoms with E-state index in [1.54, 1.807) is 6.07 Å². The topological polar surface area (TPSA) is 46.6 Å². The van der Waals surface area contributed by atoms with E-state index in [2.05, 4.69) is 0 Å². The fourth-order valence-corrected chi connectivity index (χ4v) is 3.59. The van der Waals surface area contributed by atoms with Gasteiger partial charge in [0.15, 0.2) is 0 Å². The van der Waals surface area contributed by atoms with Gasteiger partial charge in [-0.05, 0) is 87.1 Å². The lowest BCUT2D eigenvalue weighted by atomic mass is 9.97. The van der Waals surface area contributed by atoms with Gasteiger partial charge in [0.25, 0.3) is 5.91 Å². The maximum atomic E-state index is 12.9. The molecule has 4 heteroatoms. The van der Waals surface area contributed by atoms with Crippen molar-refractivity contribution in [3.8, 4) is 0 Å². The molecule has 1 fully saturated rings. The van der Waals surface area contributed by atoms with Gasteiger partial charge in [0, 0.05) is 24.6 Å². The van der Waals surface area contributed by atoms with Crippen LogP contribution < -0.4 is 0 Å². The smallest absolute Gasteiger partial charge is 0.338 e. The highest BCUT2D eigenvalue weighted by atomic mass is 16.5. The molecule has 1 aliphatic heterocycles. The normalized spacial score (nSPS) is 16.7. The molecular formula is C24H29NO3. The number of carbonyl (C=O) groups excluding carboxylic acids is 2. The van der Waals surface area contributed by atoms with Gasteiger partial charge in [-0.15, -0.1) is 0 Å². The second-order valence-electron chi connectivity index (χ2n) is 7.96. The van der Waals surface area contributed by atoms with Gasteiger partial charge in [0.1, 0.15) is 0 Å². The number of nitrogens with zero attached hydrogens (tertiary/aromatic N) is 1. The number of benzene rings is 2. The molecule has 0 aromatic heterocycles. The number of carbonyl (C=O) groups is 2. The first kappa shape index (κ1) is 20.1. The maximum absolute atomic E-state index is 12.9. The number of rotatable bonds is 4. The van der Waals surface area contributed by atoms with Crippen LogP contribution in [0.3, 0.4) is 0 Å². The van der Waals surface area contributed by atoms with Crippen molar-refractivity contribution in [3.05, 3.63) is 69.8 Å². The SMILES string of the molecule is Cc1ccc(C(=O)OC[C@H]2CCCN(C(=O)c3ccc(C)c(C)c3)C2)cc1C. The maximum Gasteiger partial charge on any atom is 0.338 e. The minimum atomic E-state index is -0.291. The highest BCUT2D eigenvalue weighted by molar-refractivity contribution is 5.94. The Hall–Kier alpha value is -2.62. The molecule has 0 unspecified atom stereocenters. The van der Waals surface area contributed by atoms with Crippen molar-refractivity contribution in [3.63, 3.8) is 0 Å². The van der Waals surface area contributed by atoms with Crippen LogP contribution in [-0.2, 0) is 4.74 Å². The van der Waals surface area contributed by atoms with Crippen molar-refractivity contribution in [2.24, 2.45) is 5.92 Å². The van der Waals surface area contributed by atoms with E-state index >= 15 is 0 Å². The summed E-state index contributed by atoms with van der Waals surface area (Å²) in [5.74, 6) is -0.0475. The lowest BCUT2D eigenvalue weighted by Gasteiger charge is -2.32. The first-order valence-corrected chi connectivity index (χ1v) is 9.96. The Bertz CT molecular complexity index is 887. The molecule has 3 rings (SSSR count). The van der Waals surface area contributed by atoms with Crippen molar-refractivity contribution in [1.29, 1.82) is 0 Å². The molecular weight excluding hydrogens is 350 g/mol. The summed E-state index contributed by atoms with van der Waals surface area (Å²) in [5.41, 5.74) is 5.87. The molecule has 1 heterocycles. The fourth-order valence-electron chi connectivity index (χ4n) is 3.59. The fraction of sp³-hybridized carbons (Fsp3) is 0.417. The summed E-state index contributed by atoms with van der Waals surface area (Å²) in [6.07, 6.45) is 1.90. The monoisotopic (exact) mass is 379 g/mol. The van der Waals surface area contributed by atoms with Gasteiger partial charge in [-0.25, -0.2) is 4.79 Å². The van der Waals surface area contributed by atoms with E-state index in [9.17, 15) is 9.59 Å². The first-order chi connectivity index (χ1) is 13.3. The van der Waals surface area contributed by atoms with Gasteiger partial charge >= 0.3 is 5.97 Å². The van der Waals surface area contributed by atoms with Crippen LogP contribution in [0.15, 0.2) is 36.4 Å². The average molecular weight is 380 g/mol. The Morgan fingerprint density at radius 3 is 2.18 bits per heavy atom. The molecule has 1 saturated heterocycles. The van der Waals surface area contributed by atoms with E-state index in [0.717, 1.165) is 41.6 Å². The third kappa shape index (κ3) is 4.61. The highest BCUT2D eigenvalue weighted by Gasteiger charge is 2.25. The molecule has 4 nitrogen and oxygen atoms in total. The Labute approximate surface area is 167 Å². The van der Waals surface area contributed by atoms with E-state index in [4.69, 9.17) is 4.74 Å². The molecule has 1 amide bonds. The zero-order chi connectivity index (χ0) is 20.3. The minimum Gasteiger partial charge on any atom is -0.462 e. The van der Waals surface area contributed by atoms with E-state index in [1.807, 2.05) is 62.9 Å². The summed E-state index contributed by atoms with van der Waals surface area (Å²) in [6.45, 7) is 9.82. The molecule has 28 heavy (non-hydrogen) atoms. The van der Waals surface area contributed by atoms with Crippen LogP contribution in [0.2, 0.25) is 0 Å². The zero-order valence-corrected chi connectivity index (χ0v) is 17.2. The third-order valence-corrected chi connectivity index (χ3v) is 5.75. The van der Waals surface area contributed by atoms with Crippen LogP contribution in [0.4, 0.5) is 0 Å². The molecule has 0 N–H and O–H groups in total. The van der Waals surface area contributed by atoms with Crippen molar-refractivity contribution in [1.82, 2.24) is 4.90 Å². The Morgan fingerprint density at radius 1 is 0.929 bits per heavy atom. The van der Waals surface area contributed by atoms with Gasteiger partial charge in [0.2, 0.25) is 0 Å². The van der Waals surface area contributed by atoms with Crippen molar-refractivity contribution in [2.75, 3.05) is 19.7 Å². The van der Waals surface area contributed by atoms with Gasteiger partial charge in [0.05, 0.1) is 12.2 Å².